The number of hydrogen-bond acceptors (Lipinski definition) is 4. The van der Waals surface area contributed by atoms with E-state index in [1.54, 1.807) is 12.4 Å². The van der Waals surface area contributed by atoms with Gasteiger partial charge in [0.1, 0.15) is 5.92 Å². The minimum atomic E-state index is -0.426. The molecule has 19 heavy (non-hydrogen) atoms. The third-order valence-electron chi connectivity index (χ3n) is 3.44. The Morgan fingerprint density at radius 3 is 2.84 bits per heavy atom. The number of halogens is 1. The standard InChI is InChI=1S/C14H11ClN4/c15-14-11-5-1-4-10(11)13(18-19-14)12(7-16)9-3-2-6-17-8-9/h2-3,6,8,12H,1,4-5H2. The van der Waals surface area contributed by atoms with Gasteiger partial charge in [0.05, 0.1) is 11.8 Å². The van der Waals surface area contributed by atoms with Crippen LogP contribution in [0.1, 0.15) is 34.7 Å². The monoisotopic (exact) mass is 270 g/mol. The molecular weight excluding hydrogens is 260 g/mol. The van der Waals surface area contributed by atoms with E-state index >= 15 is 0 Å². The zero-order valence-corrected chi connectivity index (χ0v) is 10.9. The first-order valence-electron chi connectivity index (χ1n) is 6.14. The number of fused-ring (bicyclic) bond motifs is 1. The molecule has 0 radical (unpaired) electrons. The predicted molar refractivity (Wildman–Crippen MR) is 70.8 cm³/mol. The van der Waals surface area contributed by atoms with Crippen LogP contribution in [-0.2, 0) is 12.8 Å². The van der Waals surface area contributed by atoms with E-state index in [9.17, 15) is 5.26 Å². The van der Waals surface area contributed by atoms with E-state index in [2.05, 4.69) is 21.3 Å². The lowest BCUT2D eigenvalue weighted by molar-refractivity contribution is 0.847. The van der Waals surface area contributed by atoms with Crippen molar-refractivity contribution in [1.29, 1.82) is 5.26 Å². The van der Waals surface area contributed by atoms with Crippen LogP contribution in [-0.4, -0.2) is 15.2 Å². The van der Waals surface area contributed by atoms with Crippen molar-refractivity contribution in [2.24, 2.45) is 0 Å². The molecule has 2 aromatic heterocycles. The lowest BCUT2D eigenvalue weighted by Gasteiger charge is -2.12. The summed E-state index contributed by atoms with van der Waals surface area (Å²) in [5.41, 5.74) is 3.72. The number of hydrogen-bond donors (Lipinski definition) is 0. The maximum atomic E-state index is 9.45. The molecule has 2 heterocycles. The van der Waals surface area contributed by atoms with Crippen molar-refractivity contribution in [3.05, 3.63) is 52.1 Å². The van der Waals surface area contributed by atoms with Crippen LogP contribution in [0.15, 0.2) is 24.5 Å². The molecule has 0 bridgehead atoms. The molecule has 0 spiro atoms. The number of rotatable bonds is 2. The molecule has 5 heteroatoms. The Balaban J connectivity index is 2.12. The van der Waals surface area contributed by atoms with Crippen molar-refractivity contribution in [1.82, 2.24) is 15.2 Å². The first-order chi connectivity index (χ1) is 9.31. The number of pyridine rings is 1. The smallest absolute Gasteiger partial charge is 0.155 e. The number of aromatic nitrogens is 3. The molecule has 1 aliphatic rings. The van der Waals surface area contributed by atoms with Gasteiger partial charge in [-0.25, -0.2) is 0 Å². The quantitative estimate of drug-likeness (QED) is 0.842. The van der Waals surface area contributed by atoms with Crippen LogP contribution in [0.4, 0.5) is 0 Å². The Morgan fingerprint density at radius 2 is 2.11 bits per heavy atom. The van der Waals surface area contributed by atoms with Crippen LogP contribution in [0.2, 0.25) is 5.15 Å². The molecular formula is C14H11ClN4. The normalized spacial score (nSPS) is 14.7. The Hall–Kier alpha value is -1.99. The van der Waals surface area contributed by atoms with Crippen LogP contribution >= 0.6 is 11.6 Å². The summed E-state index contributed by atoms with van der Waals surface area (Å²) < 4.78 is 0. The maximum absolute atomic E-state index is 9.45. The molecule has 0 saturated carbocycles. The van der Waals surface area contributed by atoms with Gasteiger partial charge in [-0.2, -0.15) is 10.4 Å². The molecule has 0 aromatic carbocycles. The van der Waals surface area contributed by atoms with Gasteiger partial charge in [0.25, 0.3) is 0 Å². The molecule has 0 N–H and O–H groups in total. The molecule has 0 saturated heterocycles. The van der Waals surface area contributed by atoms with Gasteiger partial charge >= 0.3 is 0 Å². The summed E-state index contributed by atoms with van der Waals surface area (Å²) in [5, 5.41) is 18.1. The largest absolute Gasteiger partial charge is 0.264 e. The lowest BCUT2D eigenvalue weighted by Crippen LogP contribution is -2.08. The maximum Gasteiger partial charge on any atom is 0.155 e. The highest BCUT2D eigenvalue weighted by Crippen LogP contribution is 2.33. The Morgan fingerprint density at radius 1 is 1.26 bits per heavy atom. The third-order valence-corrected chi connectivity index (χ3v) is 3.75. The van der Waals surface area contributed by atoms with E-state index in [-0.39, 0.29) is 0 Å². The van der Waals surface area contributed by atoms with Gasteiger partial charge in [0.15, 0.2) is 5.15 Å². The van der Waals surface area contributed by atoms with Crippen molar-refractivity contribution in [3.63, 3.8) is 0 Å². The van der Waals surface area contributed by atoms with Crippen LogP contribution in [0, 0.1) is 11.3 Å². The molecule has 0 amide bonds. The Kier molecular flexibility index (Phi) is 3.14. The summed E-state index contributed by atoms with van der Waals surface area (Å²) in [4.78, 5) is 4.06. The van der Waals surface area contributed by atoms with Crippen molar-refractivity contribution < 1.29 is 0 Å². The summed E-state index contributed by atoms with van der Waals surface area (Å²) in [7, 11) is 0. The molecule has 1 atom stereocenters. The topological polar surface area (TPSA) is 62.5 Å². The SMILES string of the molecule is N#CC(c1cccnc1)c1nnc(Cl)c2c1CCC2. The highest BCUT2D eigenvalue weighted by molar-refractivity contribution is 6.30. The van der Waals surface area contributed by atoms with Crippen LogP contribution in [0.25, 0.3) is 0 Å². The van der Waals surface area contributed by atoms with Gasteiger partial charge in [-0.1, -0.05) is 17.7 Å². The van der Waals surface area contributed by atoms with E-state index < -0.39 is 5.92 Å². The molecule has 1 aliphatic carbocycles. The highest BCUT2D eigenvalue weighted by atomic mass is 35.5. The summed E-state index contributed by atoms with van der Waals surface area (Å²) >= 11 is 6.07. The van der Waals surface area contributed by atoms with Crippen LogP contribution in [0.5, 0.6) is 0 Å². The highest BCUT2D eigenvalue weighted by Gasteiger charge is 2.26. The fraction of sp³-hybridized carbons (Fsp3) is 0.286. The van der Waals surface area contributed by atoms with Gasteiger partial charge in [0.2, 0.25) is 0 Å². The van der Waals surface area contributed by atoms with Gasteiger partial charge < -0.3 is 0 Å². The van der Waals surface area contributed by atoms with E-state index in [1.165, 1.54) is 0 Å². The fourth-order valence-electron chi connectivity index (χ4n) is 2.54. The second kappa shape index (κ2) is 4.94. The van der Waals surface area contributed by atoms with Crippen molar-refractivity contribution in [3.8, 4) is 6.07 Å². The third kappa shape index (κ3) is 2.06. The summed E-state index contributed by atoms with van der Waals surface area (Å²) in [6, 6.07) is 6.01. The molecule has 1 unspecified atom stereocenters. The van der Waals surface area contributed by atoms with E-state index in [1.807, 2.05) is 12.1 Å². The van der Waals surface area contributed by atoms with Gasteiger partial charge in [-0.05, 0) is 42.0 Å². The van der Waals surface area contributed by atoms with Crippen LogP contribution in [0.3, 0.4) is 0 Å². The van der Waals surface area contributed by atoms with E-state index in [4.69, 9.17) is 11.6 Å². The van der Waals surface area contributed by atoms with Gasteiger partial charge in [-0.3, -0.25) is 4.98 Å². The molecule has 0 aliphatic heterocycles. The fourth-order valence-corrected chi connectivity index (χ4v) is 2.79. The first-order valence-corrected chi connectivity index (χ1v) is 6.52. The van der Waals surface area contributed by atoms with Gasteiger partial charge in [0, 0.05) is 12.4 Å². The molecule has 2 aromatic rings. The zero-order chi connectivity index (χ0) is 13.2. The number of nitrogens with zero attached hydrogens (tertiary/aromatic N) is 4. The summed E-state index contributed by atoms with van der Waals surface area (Å²) in [6.45, 7) is 0. The predicted octanol–water partition coefficient (Wildman–Crippen LogP) is 2.67. The minimum Gasteiger partial charge on any atom is -0.264 e. The van der Waals surface area contributed by atoms with Crippen LogP contribution < -0.4 is 0 Å². The zero-order valence-electron chi connectivity index (χ0n) is 10.2. The number of nitriles is 1. The summed E-state index contributed by atoms with van der Waals surface area (Å²) in [5.74, 6) is -0.426. The Labute approximate surface area is 116 Å². The summed E-state index contributed by atoms with van der Waals surface area (Å²) in [6.07, 6.45) is 6.27. The van der Waals surface area contributed by atoms with Crippen molar-refractivity contribution in [2.75, 3.05) is 0 Å². The van der Waals surface area contributed by atoms with Crippen molar-refractivity contribution >= 4 is 11.6 Å². The lowest BCUT2D eigenvalue weighted by atomic mass is 9.94. The molecule has 94 valence electrons. The second-order valence-electron chi connectivity index (χ2n) is 4.54. The molecule has 4 nitrogen and oxygen atoms in total. The molecule has 3 rings (SSSR count). The first kappa shape index (κ1) is 12.1. The van der Waals surface area contributed by atoms with E-state index in [0.29, 0.717) is 5.15 Å². The Bertz CT molecular complexity index is 648. The van der Waals surface area contributed by atoms with E-state index in [0.717, 1.165) is 41.6 Å². The average molecular weight is 271 g/mol. The second-order valence-corrected chi connectivity index (χ2v) is 4.89. The van der Waals surface area contributed by atoms with Crippen molar-refractivity contribution in [2.45, 2.75) is 25.2 Å². The molecule has 0 fully saturated rings. The minimum absolute atomic E-state index is 0.426. The van der Waals surface area contributed by atoms with Gasteiger partial charge in [-0.15, -0.1) is 5.10 Å². The average Bonchev–Trinajstić information content (AvgIpc) is 2.94.